The minimum Gasteiger partial charge on any atom is -0.493 e. The standard InChI is InChI=1S/C13H16O3/c1-10-6-7-12(11(2)9-10)16-8-4-3-5-13(14)15/h3,5-7,9H,4,8H2,1-2H3,(H,14,15)/b5-3+. The highest BCUT2D eigenvalue weighted by Gasteiger charge is 1.98. The Balaban J connectivity index is 2.40. The van der Waals surface area contributed by atoms with Crippen LogP contribution >= 0.6 is 0 Å². The van der Waals surface area contributed by atoms with Crippen molar-refractivity contribution in [3.05, 3.63) is 41.5 Å². The van der Waals surface area contributed by atoms with E-state index in [2.05, 4.69) is 6.07 Å². The number of benzene rings is 1. The van der Waals surface area contributed by atoms with Crippen LogP contribution in [0.4, 0.5) is 0 Å². The van der Waals surface area contributed by atoms with Crippen LogP contribution in [0.25, 0.3) is 0 Å². The Morgan fingerprint density at radius 1 is 1.44 bits per heavy atom. The zero-order chi connectivity index (χ0) is 12.0. The molecule has 0 radical (unpaired) electrons. The van der Waals surface area contributed by atoms with E-state index in [0.717, 1.165) is 17.4 Å². The van der Waals surface area contributed by atoms with Crippen LogP contribution in [0.5, 0.6) is 5.75 Å². The van der Waals surface area contributed by atoms with Crippen LogP contribution in [0.15, 0.2) is 30.4 Å². The molecule has 16 heavy (non-hydrogen) atoms. The molecule has 1 N–H and O–H groups in total. The Kier molecular flexibility index (Phi) is 4.58. The predicted octanol–water partition coefficient (Wildman–Crippen LogP) is 2.71. The molecule has 0 fully saturated rings. The molecule has 0 spiro atoms. The van der Waals surface area contributed by atoms with Gasteiger partial charge in [0.1, 0.15) is 5.75 Å². The third-order valence-electron chi connectivity index (χ3n) is 2.13. The fourth-order valence-electron chi connectivity index (χ4n) is 1.38. The lowest BCUT2D eigenvalue weighted by atomic mass is 10.1. The zero-order valence-electron chi connectivity index (χ0n) is 9.56. The van der Waals surface area contributed by atoms with Gasteiger partial charge in [0.15, 0.2) is 0 Å². The number of hydrogen-bond acceptors (Lipinski definition) is 2. The van der Waals surface area contributed by atoms with Gasteiger partial charge in [0.2, 0.25) is 0 Å². The quantitative estimate of drug-likeness (QED) is 0.613. The monoisotopic (exact) mass is 220 g/mol. The van der Waals surface area contributed by atoms with E-state index < -0.39 is 5.97 Å². The number of aliphatic carboxylic acids is 1. The minimum absolute atomic E-state index is 0.494. The molecule has 1 aromatic rings. The van der Waals surface area contributed by atoms with E-state index in [9.17, 15) is 4.79 Å². The van der Waals surface area contributed by atoms with E-state index in [4.69, 9.17) is 9.84 Å². The van der Waals surface area contributed by atoms with Gasteiger partial charge in [-0.2, -0.15) is 0 Å². The summed E-state index contributed by atoms with van der Waals surface area (Å²) < 4.78 is 5.53. The van der Waals surface area contributed by atoms with Crippen molar-refractivity contribution in [2.45, 2.75) is 20.3 Å². The normalized spacial score (nSPS) is 10.6. The van der Waals surface area contributed by atoms with E-state index in [1.165, 1.54) is 5.56 Å². The lowest BCUT2D eigenvalue weighted by Gasteiger charge is -2.08. The van der Waals surface area contributed by atoms with Crippen LogP contribution < -0.4 is 4.74 Å². The zero-order valence-corrected chi connectivity index (χ0v) is 9.56. The van der Waals surface area contributed by atoms with Gasteiger partial charge >= 0.3 is 5.97 Å². The first kappa shape index (κ1) is 12.3. The van der Waals surface area contributed by atoms with Crippen molar-refractivity contribution in [2.75, 3.05) is 6.61 Å². The smallest absolute Gasteiger partial charge is 0.327 e. The highest BCUT2D eigenvalue weighted by Crippen LogP contribution is 2.18. The Morgan fingerprint density at radius 2 is 2.19 bits per heavy atom. The van der Waals surface area contributed by atoms with Gasteiger partial charge in [0.05, 0.1) is 6.61 Å². The number of carbonyl (C=O) groups is 1. The van der Waals surface area contributed by atoms with E-state index in [0.29, 0.717) is 13.0 Å². The van der Waals surface area contributed by atoms with Crippen LogP contribution in [-0.2, 0) is 4.79 Å². The number of hydrogen-bond donors (Lipinski definition) is 1. The molecule has 1 rings (SSSR count). The summed E-state index contributed by atoms with van der Waals surface area (Å²) >= 11 is 0. The first-order valence-corrected chi connectivity index (χ1v) is 5.19. The van der Waals surface area contributed by atoms with Crippen molar-refractivity contribution < 1.29 is 14.6 Å². The molecule has 0 aliphatic rings. The van der Waals surface area contributed by atoms with Crippen LogP contribution in [0.3, 0.4) is 0 Å². The first-order valence-electron chi connectivity index (χ1n) is 5.19. The fourth-order valence-corrected chi connectivity index (χ4v) is 1.38. The van der Waals surface area contributed by atoms with Crippen LogP contribution in [0.2, 0.25) is 0 Å². The van der Waals surface area contributed by atoms with Gasteiger partial charge in [-0.05, 0) is 31.9 Å². The Bertz CT molecular complexity index is 394. The lowest BCUT2D eigenvalue weighted by molar-refractivity contribution is -0.131. The summed E-state index contributed by atoms with van der Waals surface area (Å²) in [6, 6.07) is 5.99. The van der Waals surface area contributed by atoms with Gasteiger partial charge in [-0.25, -0.2) is 4.79 Å². The van der Waals surface area contributed by atoms with E-state index in [1.54, 1.807) is 6.08 Å². The third kappa shape index (κ3) is 4.17. The summed E-state index contributed by atoms with van der Waals surface area (Å²) in [4.78, 5) is 10.2. The second-order valence-electron chi connectivity index (χ2n) is 3.65. The number of carboxylic acid groups (broad SMARTS) is 1. The van der Waals surface area contributed by atoms with Crippen molar-refractivity contribution in [1.29, 1.82) is 0 Å². The summed E-state index contributed by atoms with van der Waals surface area (Å²) in [7, 11) is 0. The summed E-state index contributed by atoms with van der Waals surface area (Å²) in [5.74, 6) is -0.0687. The first-order chi connectivity index (χ1) is 7.59. The van der Waals surface area contributed by atoms with Crippen molar-refractivity contribution in [2.24, 2.45) is 0 Å². The second-order valence-corrected chi connectivity index (χ2v) is 3.65. The highest BCUT2D eigenvalue weighted by atomic mass is 16.5. The SMILES string of the molecule is Cc1ccc(OCC/C=C/C(=O)O)c(C)c1. The summed E-state index contributed by atoms with van der Waals surface area (Å²) in [6.07, 6.45) is 3.32. The van der Waals surface area contributed by atoms with E-state index in [-0.39, 0.29) is 0 Å². The predicted molar refractivity (Wildman–Crippen MR) is 62.8 cm³/mol. The maximum absolute atomic E-state index is 10.2. The molecular formula is C13H16O3. The molecule has 0 bridgehead atoms. The molecule has 3 nitrogen and oxygen atoms in total. The van der Waals surface area contributed by atoms with Gasteiger partial charge in [0, 0.05) is 6.08 Å². The highest BCUT2D eigenvalue weighted by molar-refractivity contribution is 5.79. The Hall–Kier alpha value is -1.77. The second kappa shape index (κ2) is 5.95. The largest absolute Gasteiger partial charge is 0.493 e. The molecule has 0 saturated carbocycles. The van der Waals surface area contributed by atoms with Crippen LogP contribution in [0, 0.1) is 13.8 Å². The maximum atomic E-state index is 10.2. The molecule has 0 amide bonds. The van der Waals surface area contributed by atoms with Crippen LogP contribution in [-0.4, -0.2) is 17.7 Å². The summed E-state index contributed by atoms with van der Waals surface area (Å²) in [5, 5.41) is 8.38. The molecule has 1 aromatic carbocycles. The Labute approximate surface area is 95.4 Å². The van der Waals surface area contributed by atoms with Crippen molar-refractivity contribution in [1.82, 2.24) is 0 Å². The molecule has 0 saturated heterocycles. The van der Waals surface area contributed by atoms with Gasteiger partial charge in [-0.15, -0.1) is 0 Å². The van der Waals surface area contributed by atoms with Crippen molar-refractivity contribution in [3.8, 4) is 5.75 Å². The van der Waals surface area contributed by atoms with Crippen molar-refractivity contribution >= 4 is 5.97 Å². The number of ether oxygens (including phenoxy) is 1. The fraction of sp³-hybridized carbons (Fsp3) is 0.308. The molecule has 0 heterocycles. The van der Waals surface area contributed by atoms with E-state index >= 15 is 0 Å². The van der Waals surface area contributed by atoms with Crippen LogP contribution in [0.1, 0.15) is 17.5 Å². The van der Waals surface area contributed by atoms with Gasteiger partial charge in [0.25, 0.3) is 0 Å². The molecule has 0 aromatic heterocycles. The lowest BCUT2D eigenvalue weighted by Crippen LogP contribution is -1.98. The molecule has 0 atom stereocenters. The molecular weight excluding hydrogens is 204 g/mol. The summed E-state index contributed by atoms with van der Waals surface area (Å²) in [6.45, 7) is 4.52. The third-order valence-corrected chi connectivity index (χ3v) is 2.13. The van der Waals surface area contributed by atoms with Gasteiger partial charge in [-0.1, -0.05) is 23.8 Å². The number of carboxylic acids is 1. The molecule has 3 heteroatoms. The molecule has 0 unspecified atom stereocenters. The Morgan fingerprint density at radius 3 is 2.81 bits per heavy atom. The molecule has 86 valence electrons. The number of aryl methyl sites for hydroxylation is 2. The minimum atomic E-state index is -0.925. The maximum Gasteiger partial charge on any atom is 0.327 e. The van der Waals surface area contributed by atoms with Gasteiger partial charge < -0.3 is 9.84 Å². The van der Waals surface area contributed by atoms with Crippen molar-refractivity contribution in [3.63, 3.8) is 0 Å². The molecule has 0 aliphatic heterocycles. The topological polar surface area (TPSA) is 46.5 Å². The van der Waals surface area contributed by atoms with E-state index in [1.807, 2.05) is 26.0 Å². The molecule has 0 aliphatic carbocycles. The average molecular weight is 220 g/mol. The van der Waals surface area contributed by atoms with Gasteiger partial charge in [-0.3, -0.25) is 0 Å². The average Bonchev–Trinajstić information content (AvgIpc) is 2.20. The summed E-state index contributed by atoms with van der Waals surface area (Å²) in [5.41, 5.74) is 2.30. The number of rotatable bonds is 5.